The third-order valence-corrected chi connectivity index (χ3v) is 3.17. The smallest absolute Gasteiger partial charge is 0.252 e. The Morgan fingerprint density at radius 3 is 2.76 bits per heavy atom. The number of carbonyl (C=O) groups is 1. The van der Waals surface area contributed by atoms with Crippen molar-refractivity contribution >= 4 is 18.5 Å². The van der Waals surface area contributed by atoms with E-state index in [9.17, 15) is 4.79 Å². The van der Waals surface area contributed by atoms with Gasteiger partial charge in [-0.2, -0.15) is 12.6 Å². The number of thiol groups is 1. The number of aryl methyl sites for hydroxylation is 1. The van der Waals surface area contributed by atoms with E-state index < -0.39 is 0 Å². The molecule has 1 aromatic rings. The van der Waals surface area contributed by atoms with Gasteiger partial charge in [0.15, 0.2) is 0 Å². The summed E-state index contributed by atoms with van der Waals surface area (Å²) in [7, 11) is 0. The normalized spacial score (nSPS) is 20.0. The van der Waals surface area contributed by atoms with Crippen LogP contribution in [-0.4, -0.2) is 29.4 Å². The highest BCUT2D eigenvalue weighted by molar-refractivity contribution is 7.80. The van der Waals surface area contributed by atoms with E-state index in [4.69, 9.17) is 4.74 Å². The molecule has 1 fully saturated rings. The average molecular weight is 251 g/mol. The lowest BCUT2D eigenvalue weighted by molar-refractivity contribution is -0.136. The molecule has 3 nitrogen and oxygen atoms in total. The van der Waals surface area contributed by atoms with Crippen LogP contribution in [0.1, 0.15) is 17.5 Å². The minimum absolute atomic E-state index is 0.0830. The van der Waals surface area contributed by atoms with Crippen molar-refractivity contribution in [3.05, 3.63) is 35.4 Å². The van der Waals surface area contributed by atoms with Gasteiger partial charge >= 0.3 is 0 Å². The molecule has 0 aromatic heterocycles. The Kier molecular flexibility index (Phi) is 4.07. The lowest BCUT2D eigenvalue weighted by atomic mass is 10.1. The van der Waals surface area contributed by atoms with E-state index in [-0.39, 0.29) is 12.0 Å². The Hall–Kier alpha value is -1.00. The van der Waals surface area contributed by atoms with Gasteiger partial charge in [-0.3, -0.25) is 4.79 Å². The Morgan fingerprint density at radius 2 is 2.12 bits per heavy atom. The van der Waals surface area contributed by atoms with Gasteiger partial charge in [0.25, 0.3) is 5.91 Å². The summed E-state index contributed by atoms with van der Waals surface area (Å²) >= 11 is 3.98. The second-order valence-electron chi connectivity index (χ2n) is 4.32. The Balaban J connectivity index is 1.96. The van der Waals surface area contributed by atoms with Crippen molar-refractivity contribution in [1.29, 1.82) is 0 Å². The zero-order chi connectivity index (χ0) is 12.3. The van der Waals surface area contributed by atoms with Gasteiger partial charge in [0.05, 0.1) is 5.94 Å². The summed E-state index contributed by atoms with van der Waals surface area (Å²) < 4.78 is 5.28. The molecule has 4 heteroatoms. The van der Waals surface area contributed by atoms with Crippen LogP contribution in [0.4, 0.5) is 0 Å². The van der Waals surface area contributed by atoms with Crippen LogP contribution in [-0.2, 0) is 16.1 Å². The van der Waals surface area contributed by atoms with Crippen molar-refractivity contribution in [1.82, 2.24) is 4.90 Å². The largest absolute Gasteiger partial charge is 0.358 e. The molecular weight excluding hydrogens is 234 g/mol. The third-order valence-electron chi connectivity index (χ3n) is 3.02. The van der Waals surface area contributed by atoms with Gasteiger partial charge in [-0.25, -0.2) is 0 Å². The van der Waals surface area contributed by atoms with E-state index in [0.29, 0.717) is 12.5 Å². The van der Waals surface area contributed by atoms with Crippen LogP contribution < -0.4 is 0 Å². The van der Waals surface area contributed by atoms with Crippen molar-refractivity contribution in [2.45, 2.75) is 26.0 Å². The minimum Gasteiger partial charge on any atom is -0.358 e. The van der Waals surface area contributed by atoms with Crippen molar-refractivity contribution in [3.63, 3.8) is 0 Å². The monoisotopic (exact) mass is 251 g/mol. The predicted molar refractivity (Wildman–Crippen MR) is 69.9 cm³/mol. The minimum atomic E-state index is -0.294. The molecule has 0 unspecified atom stereocenters. The number of hydrogen-bond donors (Lipinski definition) is 1. The zero-order valence-electron chi connectivity index (χ0n) is 9.93. The quantitative estimate of drug-likeness (QED) is 0.655. The third kappa shape index (κ3) is 3.01. The van der Waals surface area contributed by atoms with Gasteiger partial charge in [0.1, 0.15) is 6.10 Å². The van der Waals surface area contributed by atoms with Crippen LogP contribution in [0, 0.1) is 6.92 Å². The highest BCUT2D eigenvalue weighted by atomic mass is 32.1. The van der Waals surface area contributed by atoms with Crippen molar-refractivity contribution in [2.24, 2.45) is 0 Å². The van der Waals surface area contributed by atoms with E-state index in [1.807, 2.05) is 4.90 Å². The van der Waals surface area contributed by atoms with Crippen LogP contribution in [0.15, 0.2) is 24.3 Å². The van der Waals surface area contributed by atoms with E-state index in [1.54, 1.807) is 0 Å². The fourth-order valence-electron chi connectivity index (χ4n) is 2.03. The second-order valence-corrected chi connectivity index (χ2v) is 4.58. The molecule has 2 rings (SSSR count). The van der Waals surface area contributed by atoms with E-state index in [2.05, 4.69) is 43.8 Å². The van der Waals surface area contributed by atoms with E-state index in [0.717, 1.165) is 18.5 Å². The molecule has 0 aliphatic carbocycles. The van der Waals surface area contributed by atoms with Crippen molar-refractivity contribution in [3.8, 4) is 0 Å². The molecule has 1 heterocycles. The number of rotatable bonds is 4. The lowest BCUT2D eigenvalue weighted by Crippen LogP contribution is -2.30. The highest BCUT2D eigenvalue weighted by Gasteiger charge is 2.31. The molecule has 1 saturated heterocycles. The van der Waals surface area contributed by atoms with E-state index >= 15 is 0 Å². The molecule has 1 atom stereocenters. The molecule has 1 aromatic carbocycles. The molecule has 92 valence electrons. The number of hydrogen-bond acceptors (Lipinski definition) is 3. The second kappa shape index (κ2) is 5.56. The van der Waals surface area contributed by atoms with Gasteiger partial charge in [-0.1, -0.05) is 29.8 Å². The molecule has 1 amide bonds. The summed E-state index contributed by atoms with van der Waals surface area (Å²) in [5.41, 5.74) is 2.40. The van der Waals surface area contributed by atoms with Gasteiger partial charge < -0.3 is 9.64 Å². The summed E-state index contributed by atoms with van der Waals surface area (Å²) in [6.07, 6.45) is 0.476. The average Bonchev–Trinajstić information content (AvgIpc) is 2.65. The van der Waals surface area contributed by atoms with Crippen LogP contribution in [0.5, 0.6) is 0 Å². The van der Waals surface area contributed by atoms with Gasteiger partial charge in [-0.15, -0.1) is 0 Å². The van der Waals surface area contributed by atoms with Gasteiger partial charge in [0.2, 0.25) is 0 Å². The standard InChI is InChI=1S/C13H17NO2S/c1-10-2-4-11(5-3-10)8-14-7-6-12(13(14)15)16-9-17/h2-5,12,17H,6-9H2,1H3/t12-/m0/s1. The number of likely N-dealkylation sites (tertiary alicyclic amines) is 1. The molecule has 1 aliphatic rings. The first-order valence-electron chi connectivity index (χ1n) is 5.77. The van der Waals surface area contributed by atoms with Crippen molar-refractivity contribution in [2.75, 3.05) is 12.5 Å². The number of ether oxygens (including phenoxy) is 1. The number of benzene rings is 1. The highest BCUT2D eigenvalue weighted by Crippen LogP contribution is 2.18. The molecule has 0 radical (unpaired) electrons. The predicted octanol–water partition coefficient (Wildman–Crippen LogP) is 2.00. The summed E-state index contributed by atoms with van der Waals surface area (Å²) in [5, 5.41) is 0. The topological polar surface area (TPSA) is 29.5 Å². The Labute approximate surface area is 107 Å². The first kappa shape index (κ1) is 12.5. The fourth-order valence-corrected chi connectivity index (χ4v) is 2.21. The Bertz CT molecular complexity index is 391. The number of amides is 1. The maximum absolute atomic E-state index is 11.9. The molecule has 0 bridgehead atoms. The van der Waals surface area contributed by atoms with Crippen LogP contribution in [0.25, 0.3) is 0 Å². The number of carbonyl (C=O) groups excluding carboxylic acids is 1. The number of nitrogens with zero attached hydrogens (tertiary/aromatic N) is 1. The molecule has 0 spiro atoms. The van der Waals surface area contributed by atoms with Crippen LogP contribution >= 0.6 is 12.6 Å². The van der Waals surface area contributed by atoms with Gasteiger partial charge in [0, 0.05) is 19.5 Å². The summed E-state index contributed by atoms with van der Waals surface area (Å²) in [5.74, 6) is 0.383. The van der Waals surface area contributed by atoms with Gasteiger partial charge in [-0.05, 0) is 12.5 Å². The molecule has 0 N–H and O–H groups in total. The summed E-state index contributed by atoms with van der Waals surface area (Å²) in [4.78, 5) is 13.8. The SMILES string of the molecule is Cc1ccc(CN2CC[C@H](OCS)C2=O)cc1. The van der Waals surface area contributed by atoms with Crippen LogP contribution in [0.3, 0.4) is 0 Å². The summed E-state index contributed by atoms with van der Waals surface area (Å²) in [6, 6.07) is 8.26. The first-order chi connectivity index (χ1) is 8.20. The molecule has 0 saturated carbocycles. The van der Waals surface area contributed by atoms with Crippen LogP contribution in [0.2, 0.25) is 0 Å². The zero-order valence-corrected chi connectivity index (χ0v) is 10.8. The summed E-state index contributed by atoms with van der Waals surface area (Å²) in [6.45, 7) is 3.50. The molecular formula is C13H17NO2S. The first-order valence-corrected chi connectivity index (χ1v) is 6.41. The Morgan fingerprint density at radius 1 is 1.41 bits per heavy atom. The fraction of sp³-hybridized carbons (Fsp3) is 0.462. The maximum atomic E-state index is 11.9. The molecule has 1 aliphatic heterocycles. The lowest BCUT2D eigenvalue weighted by Gasteiger charge is -2.16. The van der Waals surface area contributed by atoms with Crippen molar-refractivity contribution < 1.29 is 9.53 Å². The van der Waals surface area contributed by atoms with E-state index in [1.165, 1.54) is 5.56 Å². The maximum Gasteiger partial charge on any atom is 0.252 e. The molecule has 17 heavy (non-hydrogen) atoms.